The highest BCUT2D eigenvalue weighted by Gasteiger charge is 2.04. The zero-order chi connectivity index (χ0) is 14.2. The molecule has 1 heterocycles. The molecule has 6 heteroatoms. The summed E-state index contributed by atoms with van der Waals surface area (Å²) in [4.78, 5) is 22.1. The summed E-state index contributed by atoms with van der Waals surface area (Å²) in [6.07, 6.45) is 3.85. The first kappa shape index (κ1) is 13.9. The summed E-state index contributed by atoms with van der Waals surface area (Å²) in [5.41, 5.74) is 1.48. The summed E-state index contributed by atoms with van der Waals surface area (Å²) in [5, 5.41) is 10.1. The van der Waals surface area contributed by atoms with E-state index in [2.05, 4.69) is 27.8 Å². The van der Waals surface area contributed by atoms with Crippen LogP contribution in [-0.2, 0) is 17.8 Å². The average molecular weight is 272 g/mol. The normalized spacial score (nSPS) is 10.2. The first-order chi connectivity index (χ1) is 9.78. The highest BCUT2D eigenvalue weighted by molar-refractivity contribution is 5.76. The number of hydrogen-bond acceptors (Lipinski definition) is 4. The Labute approximate surface area is 116 Å². The lowest BCUT2D eigenvalue weighted by Gasteiger charge is -2.05. The predicted molar refractivity (Wildman–Crippen MR) is 73.2 cm³/mol. The third-order valence-corrected chi connectivity index (χ3v) is 2.79. The molecule has 1 aromatic heterocycles. The third kappa shape index (κ3) is 4.31. The topological polar surface area (TPSA) is 76.9 Å². The summed E-state index contributed by atoms with van der Waals surface area (Å²) in [6, 6.07) is 10.1. The fourth-order valence-electron chi connectivity index (χ4n) is 1.81. The molecular formula is C14H16N4O2. The molecule has 2 rings (SSSR count). The van der Waals surface area contributed by atoms with Crippen LogP contribution in [0.2, 0.25) is 0 Å². The number of hydrogen-bond donors (Lipinski definition) is 1. The lowest BCUT2D eigenvalue weighted by molar-refractivity contribution is -0.121. The summed E-state index contributed by atoms with van der Waals surface area (Å²) in [5.74, 6) is -0.139. The van der Waals surface area contributed by atoms with Gasteiger partial charge in [-0.3, -0.25) is 9.59 Å². The second-order valence-electron chi connectivity index (χ2n) is 4.40. The van der Waals surface area contributed by atoms with E-state index in [-0.39, 0.29) is 18.1 Å². The van der Waals surface area contributed by atoms with Gasteiger partial charge in [-0.25, -0.2) is 4.68 Å². The van der Waals surface area contributed by atoms with E-state index in [0.717, 1.165) is 12.8 Å². The average Bonchev–Trinajstić information content (AvgIpc) is 2.92. The molecule has 0 aliphatic rings. The zero-order valence-electron chi connectivity index (χ0n) is 11.0. The van der Waals surface area contributed by atoms with Crippen molar-refractivity contribution < 1.29 is 9.59 Å². The Bertz CT molecular complexity index is 566. The Kier molecular flexibility index (Phi) is 5.00. The number of nitrogens with one attached hydrogen (secondary N) is 1. The molecule has 0 saturated carbocycles. The number of aryl methyl sites for hydroxylation is 1. The Morgan fingerprint density at radius 3 is 2.80 bits per heavy atom. The van der Waals surface area contributed by atoms with Gasteiger partial charge in [0.1, 0.15) is 12.2 Å². The minimum Gasteiger partial charge on any atom is -0.354 e. The van der Waals surface area contributed by atoms with Crippen LogP contribution in [0.1, 0.15) is 22.5 Å². The van der Waals surface area contributed by atoms with Crippen LogP contribution in [0.15, 0.2) is 36.5 Å². The summed E-state index contributed by atoms with van der Waals surface area (Å²) < 4.78 is 1.34. The molecule has 104 valence electrons. The Balaban J connectivity index is 1.66. The molecular weight excluding hydrogens is 256 g/mol. The number of carbonyl (C=O) groups is 2. The molecule has 0 aliphatic carbocycles. The fraction of sp³-hybridized carbons (Fsp3) is 0.286. The van der Waals surface area contributed by atoms with Gasteiger partial charge in [-0.2, -0.15) is 0 Å². The minimum atomic E-state index is -0.139. The highest BCUT2D eigenvalue weighted by Crippen LogP contribution is 2.01. The van der Waals surface area contributed by atoms with Crippen LogP contribution in [0.3, 0.4) is 0 Å². The first-order valence-electron chi connectivity index (χ1n) is 6.44. The number of aromatic nitrogens is 3. The van der Waals surface area contributed by atoms with Crippen LogP contribution >= 0.6 is 0 Å². The van der Waals surface area contributed by atoms with Crippen molar-refractivity contribution in [1.29, 1.82) is 0 Å². The standard InChI is InChI=1S/C14H16N4O2/c19-11-13-9-18(17-16-13)10-14(20)15-8-4-7-12-5-2-1-3-6-12/h1-3,5-6,9,11H,4,7-8,10H2,(H,15,20). The van der Waals surface area contributed by atoms with Crippen molar-refractivity contribution in [2.24, 2.45) is 0 Å². The second-order valence-corrected chi connectivity index (χ2v) is 4.40. The Hall–Kier alpha value is -2.50. The van der Waals surface area contributed by atoms with Crippen LogP contribution < -0.4 is 5.32 Å². The highest BCUT2D eigenvalue weighted by atomic mass is 16.2. The van der Waals surface area contributed by atoms with E-state index in [4.69, 9.17) is 0 Å². The molecule has 1 N–H and O–H groups in total. The number of benzene rings is 1. The number of amides is 1. The SMILES string of the molecule is O=Cc1cn(CC(=O)NCCCc2ccccc2)nn1. The van der Waals surface area contributed by atoms with Gasteiger partial charge in [-0.05, 0) is 18.4 Å². The van der Waals surface area contributed by atoms with Crippen molar-refractivity contribution in [3.63, 3.8) is 0 Å². The van der Waals surface area contributed by atoms with E-state index in [1.165, 1.54) is 16.4 Å². The molecule has 0 spiro atoms. The van der Waals surface area contributed by atoms with Gasteiger partial charge in [0.2, 0.25) is 5.91 Å². The molecule has 0 radical (unpaired) electrons. The number of nitrogens with zero attached hydrogens (tertiary/aromatic N) is 3. The third-order valence-electron chi connectivity index (χ3n) is 2.79. The lowest BCUT2D eigenvalue weighted by Crippen LogP contribution is -2.28. The van der Waals surface area contributed by atoms with Gasteiger partial charge >= 0.3 is 0 Å². The van der Waals surface area contributed by atoms with E-state index in [0.29, 0.717) is 12.8 Å². The maximum Gasteiger partial charge on any atom is 0.241 e. The van der Waals surface area contributed by atoms with Crippen LogP contribution in [0.5, 0.6) is 0 Å². The molecule has 0 saturated heterocycles. The van der Waals surface area contributed by atoms with Crippen molar-refractivity contribution in [3.8, 4) is 0 Å². The maximum atomic E-state index is 11.6. The molecule has 0 aliphatic heterocycles. The smallest absolute Gasteiger partial charge is 0.241 e. The lowest BCUT2D eigenvalue weighted by atomic mass is 10.1. The van der Waals surface area contributed by atoms with Gasteiger partial charge in [-0.15, -0.1) is 5.10 Å². The van der Waals surface area contributed by atoms with Crippen LogP contribution in [0.25, 0.3) is 0 Å². The monoisotopic (exact) mass is 272 g/mol. The Morgan fingerprint density at radius 1 is 1.30 bits per heavy atom. The van der Waals surface area contributed by atoms with Gasteiger partial charge < -0.3 is 5.32 Å². The summed E-state index contributed by atoms with van der Waals surface area (Å²) in [6.45, 7) is 0.690. The summed E-state index contributed by atoms with van der Waals surface area (Å²) in [7, 11) is 0. The molecule has 0 bridgehead atoms. The van der Waals surface area contributed by atoms with E-state index >= 15 is 0 Å². The minimum absolute atomic E-state index is 0.0756. The maximum absolute atomic E-state index is 11.6. The van der Waals surface area contributed by atoms with Crippen LogP contribution in [-0.4, -0.2) is 33.7 Å². The van der Waals surface area contributed by atoms with Gasteiger partial charge in [0, 0.05) is 6.54 Å². The molecule has 0 unspecified atom stereocenters. The quantitative estimate of drug-likeness (QED) is 0.598. The number of aldehydes is 1. The van der Waals surface area contributed by atoms with E-state index in [9.17, 15) is 9.59 Å². The van der Waals surface area contributed by atoms with Crippen molar-refractivity contribution in [1.82, 2.24) is 20.3 Å². The molecule has 1 aromatic carbocycles. The van der Waals surface area contributed by atoms with Crippen molar-refractivity contribution in [2.75, 3.05) is 6.54 Å². The molecule has 0 atom stereocenters. The first-order valence-corrected chi connectivity index (χ1v) is 6.44. The Morgan fingerprint density at radius 2 is 2.10 bits per heavy atom. The molecule has 20 heavy (non-hydrogen) atoms. The molecule has 2 aromatic rings. The van der Waals surface area contributed by atoms with Crippen molar-refractivity contribution >= 4 is 12.2 Å². The number of carbonyl (C=O) groups excluding carboxylic acids is 2. The van der Waals surface area contributed by atoms with Gasteiger partial charge in [0.05, 0.1) is 6.20 Å². The van der Waals surface area contributed by atoms with E-state index in [1.54, 1.807) is 0 Å². The van der Waals surface area contributed by atoms with Crippen LogP contribution in [0, 0.1) is 0 Å². The fourth-order valence-corrected chi connectivity index (χ4v) is 1.81. The number of rotatable bonds is 7. The van der Waals surface area contributed by atoms with Crippen molar-refractivity contribution in [3.05, 3.63) is 47.8 Å². The zero-order valence-corrected chi connectivity index (χ0v) is 11.0. The largest absolute Gasteiger partial charge is 0.354 e. The second kappa shape index (κ2) is 7.18. The van der Waals surface area contributed by atoms with E-state index in [1.807, 2.05) is 18.2 Å². The van der Waals surface area contributed by atoms with Crippen molar-refractivity contribution in [2.45, 2.75) is 19.4 Å². The van der Waals surface area contributed by atoms with Gasteiger partial charge in [0.15, 0.2) is 6.29 Å². The van der Waals surface area contributed by atoms with Gasteiger partial charge in [0.25, 0.3) is 0 Å². The molecule has 1 amide bonds. The molecule has 6 nitrogen and oxygen atoms in total. The molecule has 0 fully saturated rings. The van der Waals surface area contributed by atoms with Crippen LogP contribution in [0.4, 0.5) is 0 Å². The summed E-state index contributed by atoms with van der Waals surface area (Å²) >= 11 is 0. The van der Waals surface area contributed by atoms with Gasteiger partial charge in [-0.1, -0.05) is 35.5 Å². The predicted octanol–water partition coefficient (Wildman–Crippen LogP) is 0.840. The van der Waals surface area contributed by atoms with E-state index < -0.39 is 0 Å².